The van der Waals surface area contributed by atoms with Crippen molar-refractivity contribution in [2.75, 3.05) is 19.7 Å². The molecule has 0 bridgehead atoms. The van der Waals surface area contributed by atoms with Crippen LogP contribution in [0.4, 0.5) is 0 Å². The zero-order valence-electron chi connectivity index (χ0n) is 23.1. The van der Waals surface area contributed by atoms with Crippen molar-refractivity contribution < 1.29 is 24.5 Å². The van der Waals surface area contributed by atoms with Crippen molar-refractivity contribution in [1.29, 1.82) is 0 Å². The van der Waals surface area contributed by atoms with E-state index in [0.29, 0.717) is 12.4 Å². The van der Waals surface area contributed by atoms with Crippen molar-refractivity contribution >= 4 is 35.3 Å². The van der Waals surface area contributed by atoms with Gasteiger partial charge in [-0.25, -0.2) is 9.98 Å². The summed E-state index contributed by atoms with van der Waals surface area (Å²) < 4.78 is 5.90. The standard InChI is InChI=1S/C28H33ClN8O5/c1-26(2)10-11-42-20-15(7-5-8-16(20)26)23(39)34-19-13-37-25(31)33-18(12-32-22(38)14-6-3-4-9-17(14)29)21-27(37,28(19,40)41)36-24(30)35-21/h3-9,18-19,21,40-41H,10-13H2,1-2H3,(H2,31,33)(H,32,38)(H,34,39)(H3,30,35,36)/t18-,19?,21?,27?/m0/s1. The minimum absolute atomic E-state index is 0.0351. The number of benzene rings is 2. The number of guanidine groups is 2. The molecule has 4 heterocycles. The van der Waals surface area contributed by atoms with E-state index in [4.69, 9.17) is 27.8 Å². The number of para-hydroxylation sites is 1. The fraction of sp³-hybridized carbons (Fsp3) is 0.429. The van der Waals surface area contributed by atoms with Crippen molar-refractivity contribution in [3.8, 4) is 5.75 Å². The molecule has 2 aromatic carbocycles. The second-order valence-electron chi connectivity index (χ2n) is 11.6. The van der Waals surface area contributed by atoms with E-state index in [-0.39, 0.29) is 46.6 Å². The van der Waals surface area contributed by atoms with Gasteiger partial charge in [0.1, 0.15) is 17.8 Å². The van der Waals surface area contributed by atoms with Gasteiger partial charge in [-0.3, -0.25) is 9.59 Å². The molecule has 2 amide bonds. The number of aliphatic imine (C=N–C) groups is 2. The Morgan fingerprint density at radius 3 is 2.62 bits per heavy atom. The van der Waals surface area contributed by atoms with E-state index in [0.717, 1.165) is 12.0 Å². The highest BCUT2D eigenvalue weighted by Gasteiger charge is 2.73. The molecule has 4 atom stereocenters. The zero-order valence-corrected chi connectivity index (χ0v) is 23.9. The smallest absolute Gasteiger partial charge is 0.255 e. The van der Waals surface area contributed by atoms with Crippen LogP contribution < -0.4 is 32.2 Å². The van der Waals surface area contributed by atoms with Crippen LogP contribution in [0.1, 0.15) is 46.5 Å². The van der Waals surface area contributed by atoms with Crippen molar-refractivity contribution in [2.45, 2.75) is 55.3 Å². The highest BCUT2D eigenvalue weighted by atomic mass is 35.5. The lowest BCUT2D eigenvalue weighted by molar-refractivity contribution is -0.230. The molecule has 1 spiro atoms. The quantitative estimate of drug-likeness (QED) is 0.224. The first-order chi connectivity index (χ1) is 19.9. The number of nitrogens with one attached hydrogen (secondary N) is 3. The molecule has 3 unspecified atom stereocenters. The second kappa shape index (κ2) is 9.75. The van der Waals surface area contributed by atoms with Crippen LogP contribution >= 0.6 is 11.6 Å². The highest BCUT2D eigenvalue weighted by molar-refractivity contribution is 6.33. The van der Waals surface area contributed by atoms with Gasteiger partial charge in [-0.2, -0.15) is 0 Å². The first-order valence-corrected chi connectivity index (χ1v) is 14.0. The van der Waals surface area contributed by atoms with E-state index < -0.39 is 41.4 Å². The monoisotopic (exact) mass is 596 g/mol. The lowest BCUT2D eigenvalue weighted by Gasteiger charge is -2.49. The number of rotatable bonds is 5. The van der Waals surface area contributed by atoms with Gasteiger partial charge in [0.05, 0.1) is 28.8 Å². The number of hydrogen-bond donors (Lipinski definition) is 7. The van der Waals surface area contributed by atoms with Crippen molar-refractivity contribution in [2.24, 2.45) is 21.5 Å². The summed E-state index contributed by atoms with van der Waals surface area (Å²) in [5, 5.41) is 32.2. The summed E-state index contributed by atoms with van der Waals surface area (Å²) in [6, 6.07) is 8.88. The van der Waals surface area contributed by atoms with Crippen LogP contribution in [0.2, 0.25) is 5.02 Å². The number of nitrogens with zero attached hydrogens (tertiary/aromatic N) is 3. The van der Waals surface area contributed by atoms with Gasteiger partial charge in [0.2, 0.25) is 5.79 Å². The molecule has 4 aliphatic rings. The summed E-state index contributed by atoms with van der Waals surface area (Å²) in [4.78, 5) is 36.8. The molecule has 4 aliphatic heterocycles. The summed E-state index contributed by atoms with van der Waals surface area (Å²) in [6.07, 6.45) is 0.800. The predicted octanol–water partition coefficient (Wildman–Crippen LogP) is -0.395. The average molecular weight is 597 g/mol. The predicted molar refractivity (Wildman–Crippen MR) is 155 cm³/mol. The normalized spacial score (nSPS) is 28.2. The maximum atomic E-state index is 13.6. The lowest BCUT2D eigenvalue weighted by Crippen LogP contribution is -2.78. The van der Waals surface area contributed by atoms with Gasteiger partial charge in [-0.1, -0.05) is 49.7 Å². The number of nitrogens with two attached hydrogens (primary N) is 2. The largest absolute Gasteiger partial charge is 0.492 e. The molecular formula is C28H33ClN8O5. The van der Waals surface area contributed by atoms with E-state index >= 15 is 0 Å². The third kappa shape index (κ3) is 4.14. The van der Waals surface area contributed by atoms with Crippen LogP contribution in [0.3, 0.4) is 0 Å². The Labute approximate surface area is 247 Å². The molecule has 9 N–H and O–H groups in total. The number of carbonyl (C=O) groups is 2. The van der Waals surface area contributed by atoms with Crippen LogP contribution in [0.15, 0.2) is 52.4 Å². The molecule has 1 fully saturated rings. The molecule has 0 aromatic heterocycles. The number of hydrogen-bond acceptors (Lipinski definition) is 11. The van der Waals surface area contributed by atoms with E-state index in [1.165, 1.54) is 4.90 Å². The van der Waals surface area contributed by atoms with E-state index in [9.17, 15) is 19.8 Å². The SMILES string of the molecule is CC1(C)CCOc2c(C(=O)NC3CN4C(N)=N[C@@H](CNC(=O)c5ccccc5Cl)C5N=C(N)NC54C3(O)O)cccc21. The Bertz CT molecular complexity index is 1530. The number of halogens is 1. The van der Waals surface area contributed by atoms with Gasteiger partial charge in [0.15, 0.2) is 17.6 Å². The molecule has 42 heavy (non-hydrogen) atoms. The number of ether oxygens (including phenoxy) is 1. The number of fused-ring (bicyclic) bond motifs is 1. The second-order valence-corrected chi connectivity index (χ2v) is 12.0. The highest BCUT2D eigenvalue weighted by Crippen LogP contribution is 2.45. The van der Waals surface area contributed by atoms with Gasteiger partial charge < -0.3 is 47.3 Å². The van der Waals surface area contributed by atoms with Gasteiger partial charge in [-0.15, -0.1) is 0 Å². The molecule has 0 saturated carbocycles. The molecule has 14 heteroatoms. The molecule has 1 saturated heterocycles. The fourth-order valence-electron chi connectivity index (χ4n) is 6.37. The van der Waals surface area contributed by atoms with Crippen LogP contribution in [0.5, 0.6) is 5.75 Å². The fourth-order valence-corrected chi connectivity index (χ4v) is 6.59. The van der Waals surface area contributed by atoms with Gasteiger partial charge in [-0.05, 0) is 30.0 Å². The molecule has 222 valence electrons. The Balaban J connectivity index is 1.27. The molecule has 0 aliphatic carbocycles. The van der Waals surface area contributed by atoms with Crippen LogP contribution in [-0.4, -0.2) is 88.1 Å². The number of aliphatic hydroxyl groups is 2. The molecule has 6 rings (SSSR count). The first kappa shape index (κ1) is 28.1. The third-order valence-electron chi connectivity index (χ3n) is 8.66. The summed E-state index contributed by atoms with van der Waals surface area (Å²) in [7, 11) is 0. The van der Waals surface area contributed by atoms with Gasteiger partial charge in [0, 0.05) is 18.7 Å². The Kier molecular flexibility index (Phi) is 6.52. The van der Waals surface area contributed by atoms with E-state index in [2.05, 4.69) is 39.8 Å². The van der Waals surface area contributed by atoms with Gasteiger partial charge >= 0.3 is 0 Å². The van der Waals surface area contributed by atoms with Crippen LogP contribution in [0.25, 0.3) is 0 Å². The summed E-state index contributed by atoms with van der Waals surface area (Å²) in [6.45, 7) is 4.46. The summed E-state index contributed by atoms with van der Waals surface area (Å²) >= 11 is 6.16. The third-order valence-corrected chi connectivity index (χ3v) is 8.99. The molecular weight excluding hydrogens is 564 g/mol. The van der Waals surface area contributed by atoms with E-state index in [1.54, 1.807) is 36.4 Å². The van der Waals surface area contributed by atoms with Gasteiger partial charge in [0.25, 0.3) is 11.8 Å². The van der Waals surface area contributed by atoms with Crippen molar-refractivity contribution in [3.63, 3.8) is 0 Å². The topological polar surface area (TPSA) is 200 Å². The number of amides is 2. The lowest BCUT2D eigenvalue weighted by atomic mass is 9.79. The molecule has 13 nitrogen and oxygen atoms in total. The van der Waals surface area contributed by atoms with Crippen LogP contribution in [0, 0.1) is 0 Å². The molecule has 0 radical (unpaired) electrons. The molecule has 2 aromatic rings. The average Bonchev–Trinajstić information content (AvgIpc) is 3.41. The maximum Gasteiger partial charge on any atom is 0.255 e. The van der Waals surface area contributed by atoms with Crippen molar-refractivity contribution in [1.82, 2.24) is 20.9 Å². The maximum absolute atomic E-state index is 13.6. The minimum Gasteiger partial charge on any atom is -0.492 e. The van der Waals surface area contributed by atoms with Crippen LogP contribution in [-0.2, 0) is 5.41 Å². The first-order valence-electron chi connectivity index (χ1n) is 13.6. The summed E-state index contributed by atoms with van der Waals surface area (Å²) in [5.74, 6) is -3.24. The Morgan fingerprint density at radius 1 is 1.12 bits per heavy atom. The van der Waals surface area contributed by atoms with Crippen molar-refractivity contribution in [3.05, 3.63) is 64.2 Å². The minimum atomic E-state index is -2.63. The summed E-state index contributed by atoms with van der Waals surface area (Å²) in [5.41, 5.74) is 11.9. The Hall–Kier alpha value is -4.07. The van der Waals surface area contributed by atoms with E-state index in [1.807, 2.05) is 6.07 Å². The zero-order chi connectivity index (χ0) is 30.0. The Morgan fingerprint density at radius 2 is 1.86 bits per heavy atom. The number of carbonyl (C=O) groups excluding carboxylic acids is 2.